The van der Waals surface area contributed by atoms with Crippen LogP contribution >= 0.6 is 23.2 Å². The summed E-state index contributed by atoms with van der Waals surface area (Å²) >= 11 is 12.5. The Hall–Kier alpha value is -3.67. The average molecular weight is 516 g/mol. The van der Waals surface area contributed by atoms with Gasteiger partial charge in [0, 0.05) is 42.7 Å². The fourth-order valence-electron chi connectivity index (χ4n) is 4.48. The quantitative estimate of drug-likeness (QED) is 0.237. The van der Waals surface area contributed by atoms with Gasteiger partial charge in [-0.2, -0.15) is 0 Å². The van der Waals surface area contributed by atoms with Gasteiger partial charge in [-0.1, -0.05) is 65.7 Å². The molecule has 5 rings (SSSR count). The molecule has 1 aliphatic heterocycles. The number of rotatable bonds is 5. The fraction of sp³-hybridized carbons (Fsp3) is 0.138. The van der Waals surface area contributed by atoms with Crippen LogP contribution in [-0.2, 0) is 4.79 Å². The zero-order valence-corrected chi connectivity index (χ0v) is 20.9. The number of benzene rings is 3. The van der Waals surface area contributed by atoms with Crippen molar-refractivity contribution in [3.8, 4) is 0 Å². The Morgan fingerprint density at radius 2 is 1.53 bits per heavy atom. The molecule has 0 spiro atoms. The van der Waals surface area contributed by atoms with Crippen molar-refractivity contribution in [1.82, 2.24) is 9.88 Å². The summed E-state index contributed by atoms with van der Waals surface area (Å²) in [5.74, 6) is -0.0249. The van der Waals surface area contributed by atoms with Crippen LogP contribution in [0, 0.1) is 0 Å². The van der Waals surface area contributed by atoms with Crippen LogP contribution in [0.15, 0.2) is 84.9 Å². The maximum atomic E-state index is 13.2. The van der Waals surface area contributed by atoms with E-state index in [2.05, 4.69) is 4.90 Å². The second-order valence-electron chi connectivity index (χ2n) is 8.54. The molecule has 0 aliphatic carbocycles. The minimum atomic E-state index is -0.0249. The van der Waals surface area contributed by atoms with Crippen LogP contribution < -0.4 is 4.90 Å². The zero-order valence-electron chi connectivity index (χ0n) is 19.4. The number of amides is 1. The van der Waals surface area contributed by atoms with Crippen LogP contribution in [-0.4, -0.2) is 48.3 Å². The van der Waals surface area contributed by atoms with E-state index in [0.29, 0.717) is 53.1 Å². The molecule has 4 aromatic rings. The fourth-order valence-corrected chi connectivity index (χ4v) is 4.89. The Bertz CT molecular complexity index is 1460. The molecule has 0 saturated carbocycles. The minimum Gasteiger partial charge on any atom is -0.367 e. The van der Waals surface area contributed by atoms with Crippen LogP contribution in [0.1, 0.15) is 21.6 Å². The number of halogens is 2. The third-order valence-electron chi connectivity index (χ3n) is 6.39. The first kappa shape index (κ1) is 24.0. The molecule has 1 aliphatic rings. The number of nitrogens with zero attached hydrogens (tertiary/aromatic N) is 3. The van der Waals surface area contributed by atoms with E-state index in [0.717, 1.165) is 28.4 Å². The molecule has 0 bridgehead atoms. The highest BCUT2D eigenvalue weighted by Crippen LogP contribution is 2.33. The van der Waals surface area contributed by atoms with Crippen molar-refractivity contribution in [1.29, 1.82) is 0 Å². The average Bonchev–Trinajstić information content (AvgIpc) is 2.93. The molecule has 7 heteroatoms. The molecule has 0 atom stereocenters. The van der Waals surface area contributed by atoms with E-state index in [1.807, 2.05) is 65.6 Å². The molecule has 1 aromatic heterocycles. The molecule has 1 saturated heterocycles. The third kappa shape index (κ3) is 4.85. The highest BCUT2D eigenvalue weighted by Gasteiger charge is 2.24. The van der Waals surface area contributed by atoms with Gasteiger partial charge in [0.1, 0.15) is 6.29 Å². The third-order valence-corrected chi connectivity index (χ3v) is 7.20. The van der Waals surface area contributed by atoms with Gasteiger partial charge in [-0.05, 0) is 48.0 Å². The lowest BCUT2D eigenvalue weighted by molar-refractivity contribution is -0.104. The molecule has 180 valence electrons. The number of carbonyl (C=O) groups excluding carboxylic acids is 2. The number of allylic oxidation sites excluding steroid dienone is 1. The van der Waals surface area contributed by atoms with Gasteiger partial charge in [-0.15, -0.1) is 0 Å². The Balaban J connectivity index is 1.30. The number of para-hydroxylation sites is 1. The smallest absolute Gasteiger partial charge is 0.253 e. The highest BCUT2D eigenvalue weighted by molar-refractivity contribution is 6.43. The number of hydrogen-bond acceptors (Lipinski definition) is 4. The monoisotopic (exact) mass is 515 g/mol. The standard InChI is InChI=1S/C29H23Cl2N3O2/c30-24-5-3-7-27(28(24)31)33-15-17-34(18-16-33)29(36)22-10-8-20(9-11-22)23(14-19-35)26-13-12-21-4-1-2-6-25(21)32-26/h1-14,19H,15-18H2. The van der Waals surface area contributed by atoms with E-state index >= 15 is 0 Å². The molecular formula is C29H23Cl2N3O2. The number of anilines is 1. The predicted octanol–water partition coefficient (Wildman–Crippen LogP) is 6.13. The van der Waals surface area contributed by atoms with Crippen molar-refractivity contribution in [3.05, 3.63) is 112 Å². The Labute approximate surface area is 219 Å². The Kier molecular flexibility index (Phi) is 7.03. The number of piperazine rings is 1. The van der Waals surface area contributed by atoms with Gasteiger partial charge >= 0.3 is 0 Å². The van der Waals surface area contributed by atoms with Gasteiger partial charge < -0.3 is 9.80 Å². The summed E-state index contributed by atoms with van der Waals surface area (Å²) in [7, 11) is 0. The SMILES string of the molecule is O=CC=C(c1ccc(C(=O)N2CCN(c3cccc(Cl)c3Cl)CC2)cc1)c1ccc2ccccc2n1. The second kappa shape index (κ2) is 10.5. The lowest BCUT2D eigenvalue weighted by atomic mass is 9.99. The van der Waals surface area contributed by atoms with Crippen LogP contribution in [0.2, 0.25) is 10.0 Å². The summed E-state index contributed by atoms with van der Waals surface area (Å²) in [6.07, 6.45) is 2.27. The topological polar surface area (TPSA) is 53.5 Å². The molecule has 1 amide bonds. The van der Waals surface area contributed by atoms with E-state index in [4.69, 9.17) is 28.2 Å². The van der Waals surface area contributed by atoms with Gasteiger partial charge in [0.25, 0.3) is 5.91 Å². The minimum absolute atomic E-state index is 0.0249. The predicted molar refractivity (Wildman–Crippen MR) is 146 cm³/mol. The molecule has 1 fully saturated rings. The lowest BCUT2D eigenvalue weighted by Gasteiger charge is -2.36. The van der Waals surface area contributed by atoms with Crippen LogP contribution in [0.25, 0.3) is 16.5 Å². The van der Waals surface area contributed by atoms with Crippen molar-refractivity contribution >= 4 is 57.6 Å². The van der Waals surface area contributed by atoms with E-state index < -0.39 is 0 Å². The first-order chi connectivity index (χ1) is 17.5. The number of pyridine rings is 1. The number of aldehydes is 1. The van der Waals surface area contributed by atoms with Crippen LogP contribution in [0.5, 0.6) is 0 Å². The van der Waals surface area contributed by atoms with Crippen molar-refractivity contribution in [3.63, 3.8) is 0 Å². The van der Waals surface area contributed by atoms with Crippen LogP contribution in [0.4, 0.5) is 5.69 Å². The van der Waals surface area contributed by atoms with Crippen molar-refractivity contribution in [2.24, 2.45) is 0 Å². The number of fused-ring (bicyclic) bond motifs is 1. The van der Waals surface area contributed by atoms with Gasteiger partial charge in [-0.25, -0.2) is 4.98 Å². The van der Waals surface area contributed by atoms with Gasteiger partial charge in [0.2, 0.25) is 0 Å². The van der Waals surface area contributed by atoms with E-state index in [9.17, 15) is 9.59 Å². The molecule has 0 unspecified atom stereocenters. The van der Waals surface area contributed by atoms with Gasteiger partial charge in [0.05, 0.1) is 26.9 Å². The highest BCUT2D eigenvalue weighted by atomic mass is 35.5. The maximum absolute atomic E-state index is 13.2. The first-order valence-electron chi connectivity index (χ1n) is 11.7. The molecule has 3 aromatic carbocycles. The maximum Gasteiger partial charge on any atom is 0.253 e. The van der Waals surface area contributed by atoms with Crippen molar-refractivity contribution < 1.29 is 9.59 Å². The molecule has 2 heterocycles. The van der Waals surface area contributed by atoms with Crippen molar-refractivity contribution in [2.75, 3.05) is 31.1 Å². The van der Waals surface area contributed by atoms with E-state index in [-0.39, 0.29) is 5.91 Å². The van der Waals surface area contributed by atoms with Gasteiger partial charge in [0.15, 0.2) is 0 Å². The molecular weight excluding hydrogens is 493 g/mol. The lowest BCUT2D eigenvalue weighted by Crippen LogP contribution is -2.48. The Morgan fingerprint density at radius 1 is 0.806 bits per heavy atom. The summed E-state index contributed by atoms with van der Waals surface area (Å²) < 4.78 is 0. The summed E-state index contributed by atoms with van der Waals surface area (Å²) in [5.41, 5.74) is 4.58. The summed E-state index contributed by atoms with van der Waals surface area (Å²) in [5, 5.41) is 2.09. The first-order valence-corrected chi connectivity index (χ1v) is 12.4. The largest absolute Gasteiger partial charge is 0.367 e. The number of carbonyl (C=O) groups is 2. The number of aromatic nitrogens is 1. The van der Waals surface area contributed by atoms with Crippen molar-refractivity contribution in [2.45, 2.75) is 0 Å². The molecule has 5 nitrogen and oxygen atoms in total. The summed E-state index contributed by atoms with van der Waals surface area (Å²) in [6, 6.07) is 24.7. The van der Waals surface area contributed by atoms with E-state index in [1.54, 1.807) is 18.2 Å². The zero-order chi connectivity index (χ0) is 25.1. The normalized spacial score (nSPS) is 14.2. The number of hydrogen-bond donors (Lipinski definition) is 0. The Morgan fingerprint density at radius 3 is 2.28 bits per heavy atom. The molecule has 36 heavy (non-hydrogen) atoms. The van der Waals surface area contributed by atoms with Crippen LogP contribution in [0.3, 0.4) is 0 Å². The summed E-state index contributed by atoms with van der Waals surface area (Å²) in [6.45, 7) is 2.51. The van der Waals surface area contributed by atoms with Gasteiger partial charge in [-0.3, -0.25) is 9.59 Å². The second-order valence-corrected chi connectivity index (χ2v) is 9.32. The summed E-state index contributed by atoms with van der Waals surface area (Å²) in [4.78, 5) is 33.3. The molecule has 0 N–H and O–H groups in total. The van der Waals surface area contributed by atoms with E-state index in [1.165, 1.54) is 6.08 Å². The molecule has 0 radical (unpaired) electrons.